The van der Waals surface area contributed by atoms with Crippen molar-refractivity contribution in [3.63, 3.8) is 0 Å². The zero-order valence-electron chi connectivity index (χ0n) is 15.4. The molecule has 1 heterocycles. The lowest BCUT2D eigenvalue weighted by Gasteiger charge is -2.22. The number of hydrogen-bond acceptors (Lipinski definition) is 4. The minimum Gasteiger partial charge on any atom is -0.350 e. The second-order valence-corrected chi connectivity index (χ2v) is 6.19. The highest BCUT2D eigenvalue weighted by atomic mass is 16.2. The molecule has 0 saturated heterocycles. The van der Waals surface area contributed by atoms with Gasteiger partial charge in [0.15, 0.2) is 0 Å². The van der Waals surface area contributed by atoms with E-state index in [1.54, 1.807) is 4.90 Å². The molecule has 0 saturated carbocycles. The SMILES string of the molecule is CCCCN(CCC(=O)N[C@@H](C)c1ccccc1)C(=O)c1cnccn1. The molecule has 1 atom stereocenters. The summed E-state index contributed by atoms with van der Waals surface area (Å²) < 4.78 is 0. The van der Waals surface area contributed by atoms with Crippen molar-refractivity contribution in [1.82, 2.24) is 20.2 Å². The average molecular weight is 354 g/mol. The molecule has 0 fully saturated rings. The zero-order chi connectivity index (χ0) is 18.8. The maximum Gasteiger partial charge on any atom is 0.274 e. The minimum atomic E-state index is -0.185. The van der Waals surface area contributed by atoms with Gasteiger partial charge in [0.1, 0.15) is 5.69 Å². The number of carbonyl (C=O) groups is 2. The van der Waals surface area contributed by atoms with E-state index in [1.165, 1.54) is 18.6 Å². The number of rotatable bonds is 9. The Morgan fingerprint density at radius 2 is 1.92 bits per heavy atom. The smallest absolute Gasteiger partial charge is 0.274 e. The van der Waals surface area contributed by atoms with E-state index in [4.69, 9.17) is 0 Å². The predicted octanol–water partition coefficient (Wildman–Crippen LogP) is 2.99. The highest BCUT2D eigenvalue weighted by Crippen LogP contribution is 2.11. The third-order valence-electron chi connectivity index (χ3n) is 4.14. The van der Waals surface area contributed by atoms with Gasteiger partial charge in [-0.1, -0.05) is 43.7 Å². The van der Waals surface area contributed by atoms with Crippen LogP contribution in [0.2, 0.25) is 0 Å². The summed E-state index contributed by atoms with van der Waals surface area (Å²) >= 11 is 0. The third kappa shape index (κ3) is 5.95. The van der Waals surface area contributed by atoms with Gasteiger partial charge in [0.2, 0.25) is 5.91 Å². The monoisotopic (exact) mass is 354 g/mol. The molecule has 1 aromatic heterocycles. The van der Waals surface area contributed by atoms with E-state index in [2.05, 4.69) is 22.2 Å². The standard InChI is InChI=1S/C20H26N4O2/c1-3-4-13-24(20(26)18-15-21-11-12-22-18)14-10-19(25)23-16(2)17-8-6-5-7-9-17/h5-9,11-12,15-16H,3-4,10,13-14H2,1-2H3,(H,23,25)/t16-/m0/s1. The van der Waals surface area contributed by atoms with Crippen molar-refractivity contribution in [3.05, 3.63) is 60.2 Å². The van der Waals surface area contributed by atoms with Crippen molar-refractivity contribution in [3.8, 4) is 0 Å². The Kier molecular flexibility index (Phi) is 7.74. The second-order valence-electron chi connectivity index (χ2n) is 6.19. The Bertz CT molecular complexity index is 691. The van der Waals surface area contributed by atoms with Crippen molar-refractivity contribution in [1.29, 1.82) is 0 Å². The van der Waals surface area contributed by atoms with Crippen LogP contribution >= 0.6 is 0 Å². The van der Waals surface area contributed by atoms with Crippen LogP contribution in [0.5, 0.6) is 0 Å². The van der Waals surface area contributed by atoms with E-state index in [-0.39, 0.29) is 24.3 Å². The maximum atomic E-state index is 12.6. The topological polar surface area (TPSA) is 75.2 Å². The van der Waals surface area contributed by atoms with Gasteiger partial charge in [-0.15, -0.1) is 0 Å². The number of carbonyl (C=O) groups excluding carboxylic acids is 2. The Morgan fingerprint density at radius 1 is 1.15 bits per heavy atom. The summed E-state index contributed by atoms with van der Waals surface area (Å²) in [6, 6.07) is 9.74. The van der Waals surface area contributed by atoms with E-state index < -0.39 is 0 Å². The van der Waals surface area contributed by atoms with Crippen LogP contribution in [-0.4, -0.2) is 39.8 Å². The van der Waals surface area contributed by atoms with Gasteiger partial charge in [0.05, 0.1) is 12.2 Å². The molecule has 0 spiro atoms. The largest absolute Gasteiger partial charge is 0.350 e. The molecule has 1 aromatic carbocycles. The first-order valence-electron chi connectivity index (χ1n) is 9.01. The summed E-state index contributed by atoms with van der Waals surface area (Å²) in [6.07, 6.45) is 6.60. The van der Waals surface area contributed by atoms with Crippen molar-refractivity contribution in [2.75, 3.05) is 13.1 Å². The van der Waals surface area contributed by atoms with Crippen molar-refractivity contribution in [2.24, 2.45) is 0 Å². The van der Waals surface area contributed by atoms with Gasteiger partial charge in [-0.25, -0.2) is 4.98 Å². The molecule has 2 amide bonds. The number of nitrogens with zero attached hydrogens (tertiary/aromatic N) is 3. The fourth-order valence-electron chi connectivity index (χ4n) is 2.61. The molecule has 6 heteroatoms. The number of hydrogen-bond donors (Lipinski definition) is 1. The summed E-state index contributed by atoms with van der Waals surface area (Å²) in [4.78, 5) is 34.6. The molecular weight excluding hydrogens is 328 g/mol. The van der Waals surface area contributed by atoms with E-state index >= 15 is 0 Å². The first-order chi connectivity index (χ1) is 12.6. The first-order valence-corrected chi connectivity index (χ1v) is 9.01. The summed E-state index contributed by atoms with van der Waals surface area (Å²) in [5.41, 5.74) is 1.36. The van der Waals surface area contributed by atoms with Crippen LogP contribution in [0.15, 0.2) is 48.9 Å². The van der Waals surface area contributed by atoms with Gasteiger partial charge in [-0.2, -0.15) is 0 Å². The lowest BCUT2D eigenvalue weighted by atomic mass is 10.1. The van der Waals surface area contributed by atoms with Crippen LogP contribution in [-0.2, 0) is 4.79 Å². The molecule has 1 N–H and O–H groups in total. The van der Waals surface area contributed by atoms with Crippen molar-refractivity contribution in [2.45, 2.75) is 39.2 Å². The van der Waals surface area contributed by atoms with Crippen LogP contribution in [0.3, 0.4) is 0 Å². The van der Waals surface area contributed by atoms with Crippen LogP contribution < -0.4 is 5.32 Å². The fraction of sp³-hybridized carbons (Fsp3) is 0.400. The van der Waals surface area contributed by atoms with Crippen LogP contribution in [0.1, 0.15) is 55.2 Å². The van der Waals surface area contributed by atoms with Crippen LogP contribution in [0, 0.1) is 0 Å². The van der Waals surface area contributed by atoms with Gasteiger partial charge >= 0.3 is 0 Å². The number of aromatic nitrogens is 2. The molecular formula is C20H26N4O2. The van der Waals surface area contributed by atoms with E-state index in [1.807, 2.05) is 37.3 Å². The number of unbranched alkanes of at least 4 members (excludes halogenated alkanes) is 1. The molecule has 0 aliphatic rings. The predicted molar refractivity (Wildman–Crippen MR) is 100 cm³/mol. The molecule has 6 nitrogen and oxygen atoms in total. The minimum absolute atomic E-state index is 0.0662. The molecule has 138 valence electrons. The van der Waals surface area contributed by atoms with Crippen molar-refractivity contribution < 1.29 is 9.59 Å². The van der Waals surface area contributed by atoms with Gasteiger partial charge in [0.25, 0.3) is 5.91 Å². The molecule has 0 aliphatic carbocycles. The van der Waals surface area contributed by atoms with Crippen LogP contribution in [0.25, 0.3) is 0 Å². The molecule has 0 aliphatic heterocycles. The fourth-order valence-corrected chi connectivity index (χ4v) is 2.61. The lowest BCUT2D eigenvalue weighted by molar-refractivity contribution is -0.121. The highest BCUT2D eigenvalue weighted by molar-refractivity contribution is 5.92. The Hall–Kier alpha value is -2.76. The number of nitrogens with one attached hydrogen (secondary N) is 1. The normalized spacial score (nSPS) is 11.6. The third-order valence-corrected chi connectivity index (χ3v) is 4.14. The average Bonchev–Trinajstić information content (AvgIpc) is 2.69. The lowest BCUT2D eigenvalue weighted by Crippen LogP contribution is -2.37. The quantitative estimate of drug-likeness (QED) is 0.751. The molecule has 0 radical (unpaired) electrons. The number of amides is 2. The van der Waals surface area contributed by atoms with E-state index in [9.17, 15) is 9.59 Å². The molecule has 26 heavy (non-hydrogen) atoms. The Balaban J connectivity index is 1.91. The summed E-state index contributed by atoms with van der Waals surface area (Å²) in [5.74, 6) is -0.259. The zero-order valence-corrected chi connectivity index (χ0v) is 15.4. The van der Waals surface area contributed by atoms with Gasteiger partial charge in [-0.05, 0) is 18.9 Å². The van der Waals surface area contributed by atoms with E-state index in [0.29, 0.717) is 18.8 Å². The van der Waals surface area contributed by atoms with E-state index in [0.717, 1.165) is 18.4 Å². The highest BCUT2D eigenvalue weighted by Gasteiger charge is 2.18. The maximum absolute atomic E-state index is 12.6. The summed E-state index contributed by atoms with van der Waals surface area (Å²) in [6.45, 7) is 4.99. The summed E-state index contributed by atoms with van der Waals surface area (Å²) in [5, 5.41) is 2.98. The summed E-state index contributed by atoms with van der Waals surface area (Å²) in [7, 11) is 0. The number of benzene rings is 1. The molecule has 2 rings (SSSR count). The Labute approximate surface area is 154 Å². The second kappa shape index (κ2) is 10.3. The van der Waals surface area contributed by atoms with Crippen molar-refractivity contribution >= 4 is 11.8 Å². The Morgan fingerprint density at radius 3 is 2.58 bits per heavy atom. The van der Waals surface area contributed by atoms with Crippen LogP contribution in [0.4, 0.5) is 0 Å². The molecule has 2 aromatic rings. The van der Waals surface area contributed by atoms with Gasteiger partial charge in [-0.3, -0.25) is 14.6 Å². The van der Waals surface area contributed by atoms with Gasteiger partial charge in [0, 0.05) is 31.9 Å². The van der Waals surface area contributed by atoms with Gasteiger partial charge < -0.3 is 10.2 Å². The molecule has 0 unspecified atom stereocenters. The first kappa shape index (κ1) is 19.6. The molecule has 0 bridgehead atoms.